The van der Waals surface area contributed by atoms with Gasteiger partial charge in [-0.1, -0.05) is 0 Å². The Morgan fingerprint density at radius 2 is 1.89 bits per heavy atom. The molecule has 104 valence electrons. The first-order valence-corrected chi connectivity index (χ1v) is 7.73. The zero-order valence-corrected chi connectivity index (χ0v) is 11.6. The van der Waals surface area contributed by atoms with E-state index in [1.807, 2.05) is 0 Å². The van der Waals surface area contributed by atoms with E-state index in [-0.39, 0.29) is 5.75 Å². The average molecular weight is 282 g/mol. The fourth-order valence-electron chi connectivity index (χ4n) is 2.45. The number of benzene rings is 1. The molecule has 0 radical (unpaired) electrons. The van der Waals surface area contributed by atoms with Crippen molar-refractivity contribution in [1.29, 1.82) is 0 Å². The number of anilines is 1. The molecule has 1 fully saturated rings. The van der Waals surface area contributed by atoms with Crippen molar-refractivity contribution < 1.29 is 13.2 Å². The Hall–Kier alpha value is -1.56. The molecule has 2 N–H and O–H groups in total. The standard InChI is InChI=1S/C13H18N2O3S/c14-13(16)10-4-5-12(11(8-10)9-19(17)18)15-6-2-1-3-7-15/h4-5,8,19H,1-3,6-7,9H2,(H2,14,16). The van der Waals surface area contributed by atoms with Crippen molar-refractivity contribution in [2.45, 2.75) is 25.0 Å². The Labute approximate surface area is 114 Å². The first-order valence-electron chi connectivity index (χ1n) is 6.37. The zero-order valence-electron chi connectivity index (χ0n) is 10.7. The van der Waals surface area contributed by atoms with Gasteiger partial charge >= 0.3 is 0 Å². The van der Waals surface area contributed by atoms with Crippen LogP contribution in [0, 0.1) is 0 Å². The molecule has 6 heteroatoms. The number of hydrogen-bond donors (Lipinski definition) is 2. The highest BCUT2D eigenvalue weighted by molar-refractivity contribution is 7.71. The van der Waals surface area contributed by atoms with Gasteiger partial charge in [0.1, 0.15) is 10.7 Å². The van der Waals surface area contributed by atoms with Gasteiger partial charge in [0.05, 0.1) is 5.75 Å². The van der Waals surface area contributed by atoms with Crippen molar-refractivity contribution in [2.75, 3.05) is 18.0 Å². The molecule has 5 nitrogen and oxygen atoms in total. The Morgan fingerprint density at radius 3 is 2.47 bits per heavy atom. The lowest BCUT2D eigenvalue weighted by Gasteiger charge is -2.30. The summed E-state index contributed by atoms with van der Waals surface area (Å²) < 4.78 is 22.0. The van der Waals surface area contributed by atoms with Gasteiger partial charge < -0.3 is 10.6 Å². The van der Waals surface area contributed by atoms with Crippen molar-refractivity contribution in [3.05, 3.63) is 29.3 Å². The van der Waals surface area contributed by atoms with Crippen LogP contribution >= 0.6 is 0 Å². The zero-order chi connectivity index (χ0) is 13.8. The average Bonchev–Trinajstić information content (AvgIpc) is 2.39. The predicted molar refractivity (Wildman–Crippen MR) is 75.0 cm³/mol. The van der Waals surface area contributed by atoms with E-state index in [0.717, 1.165) is 31.6 Å². The molecular weight excluding hydrogens is 264 g/mol. The van der Waals surface area contributed by atoms with Gasteiger partial charge in [-0.3, -0.25) is 4.79 Å². The highest BCUT2D eigenvalue weighted by atomic mass is 32.2. The number of carbonyl (C=O) groups excluding carboxylic acids is 1. The van der Waals surface area contributed by atoms with Crippen LogP contribution in [0.1, 0.15) is 35.2 Å². The number of piperidine rings is 1. The van der Waals surface area contributed by atoms with Crippen LogP contribution in [-0.2, 0) is 16.5 Å². The molecule has 1 amide bonds. The Balaban J connectivity index is 2.37. The minimum atomic E-state index is -2.52. The highest BCUT2D eigenvalue weighted by Crippen LogP contribution is 2.26. The lowest BCUT2D eigenvalue weighted by Crippen LogP contribution is -2.30. The van der Waals surface area contributed by atoms with E-state index in [9.17, 15) is 13.2 Å². The van der Waals surface area contributed by atoms with E-state index in [2.05, 4.69) is 4.90 Å². The molecule has 2 rings (SSSR count). The van der Waals surface area contributed by atoms with Crippen LogP contribution in [0.15, 0.2) is 18.2 Å². The first-order chi connectivity index (χ1) is 9.08. The molecule has 19 heavy (non-hydrogen) atoms. The third-order valence-corrected chi connectivity index (χ3v) is 3.96. The third kappa shape index (κ3) is 3.47. The van der Waals surface area contributed by atoms with E-state index in [4.69, 9.17) is 5.73 Å². The topological polar surface area (TPSA) is 80.5 Å². The normalized spacial score (nSPS) is 15.7. The van der Waals surface area contributed by atoms with Crippen LogP contribution in [-0.4, -0.2) is 27.4 Å². The summed E-state index contributed by atoms with van der Waals surface area (Å²) in [6.45, 7) is 1.86. The molecule has 0 aliphatic carbocycles. The van der Waals surface area contributed by atoms with Gasteiger partial charge in [-0.15, -0.1) is 0 Å². The molecule has 0 spiro atoms. The van der Waals surface area contributed by atoms with Crippen molar-refractivity contribution in [2.24, 2.45) is 5.73 Å². The molecule has 1 saturated heterocycles. The van der Waals surface area contributed by atoms with Gasteiger partial charge in [0.15, 0.2) is 0 Å². The fraction of sp³-hybridized carbons (Fsp3) is 0.462. The van der Waals surface area contributed by atoms with Crippen LogP contribution in [0.25, 0.3) is 0 Å². The monoisotopic (exact) mass is 282 g/mol. The summed E-state index contributed by atoms with van der Waals surface area (Å²) in [6.07, 6.45) is 3.43. The number of rotatable bonds is 4. The number of hydrogen-bond acceptors (Lipinski definition) is 4. The van der Waals surface area contributed by atoms with Gasteiger partial charge in [-0.25, -0.2) is 8.42 Å². The molecule has 1 aliphatic rings. The molecular formula is C13H18N2O3S. The maximum atomic E-state index is 11.2. The summed E-state index contributed by atoms with van der Waals surface area (Å²) in [5.41, 5.74) is 7.16. The van der Waals surface area contributed by atoms with Crippen LogP contribution in [0.3, 0.4) is 0 Å². The minimum Gasteiger partial charge on any atom is -0.371 e. The molecule has 1 heterocycles. The van der Waals surface area contributed by atoms with Gasteiger partial charge in [-0.2, -0.15) is 0 Å². The molecule has 1 aromatic carbocycles. The van der Waals surface area contributed by atoms with Crippen LogP contribution in [0.4, 0.5) is 5.69 Å². The van der Waals surface area contributed by atoms with E-state index in [1.54, 1.807) is 18.2 Å². The molecule has 0 unspecified atom stereocenters. The lowest BCUT2D eigenvalue weighted by atomic mass is 10.1. The molecule has 1 aliphatic heterocycles. The second-order valence-corrected chi connectivity index (χ2v) is 5.73. The number of amides is 1. The van der Waals surface area contributed by atoms with Crippen molar-refractivity contribution >= 4 is 22.3 Å². The minimum absolute atomic E-state index is 0.0533. The molecule has 0 bridgehead atoms. The van der Waals surface area contributed by atoms with Gasteiger partial charge in [-0.05, 0) is 43.0 Å². The van der Waals surface area contributed by atoms with Gasteiger partial charge in [0.25, 0.3) is 0 Å². The summed E-state index contributed by atoms with van der Waals surface area (Å²) in [7, 11) is -2.52. The quantitative estimate of drug-likeness (QED) is 0.804. The molecule has 0 atom stereocenters. The number of primary amides is 1. The maximum Gasteiger partial charge on any atom is 0.248 e. The van der Waals surface area contributed by atoms with Crippen molar-refractivity contribution in [3.63, 3.8) is 0 Å². The Bertz CT molecular complexity index is 541. The third-order valence-electron chi connectivity index (χ3n) is 3.36. The number of nitrogens with two attached hydrogens (primary N) is 1. The summed E-state index contributed by atoms with van der Waals surface area (Å²) in [4.78, 5) is 13.4. The second-order valence-electron chi connectivity index (χ2n) is 4.75. The number of thiol groups is 1. The Kier molecular flexibility index (Phi) is 4.42. The van der Waals surface area contributed by atoms with Gasteiger partial charge in [0.2, 0.25) is 5.91 Å². The largest absolute Gasteiger partial charge is 0.371 e. The summed E-state index contributed by atoms with van der Waals surface area (Å²) in [5, 5.41) is 0. The SMILES string of the molecule is NC(=O)c1ccc(N2CCCCC2)c(C[SH](=O)=O)c1. The smallest absolute Gasteiger partial charge is 0.248 e. The predicted octanol–water partition coefficient (Wildman–Crippen LogP) is 0.887. The van der Waals surface area contributed by atoms with Crippen LogP contribution in [0.5, 0.6) is 0 Å². The summed E-state index contributed by atoms with van der Waals surface area (Å²) in [6, 6.07) is 5.06. The van der Waals surface area contributed by atoms with E-state index < -0.39 is 16.6 Å². The number of nitrogens with zero attached hydrogens (tertiary/aromatic N) is 1. The number of carbonyl (C=O) groups is 1. The molecule has 0 saturated carbocycles. The fourth-order valence-corrected chi connectivity index (χ4v) is 2.98. The van der Waals surface area contributed by atoms with E-state index >= 15 is 0 Å². The van der Waals surface area contributed by atoms with Crippen molar-refractivity contribution in [3.8, 4) is 0 Å². The maximum absolute atomic E-state index is 11.2. The van der Waals surface area contributed by atoms with E-state index in [0.29, 0.717) is 11.1 Å². The highest BCUT2D eigenvalue weighted by Gasteiger charge is 2.16. The molecule has 0 aromatic heterocycles. The first kappa shape index (κ1) is 13.9. The van der Waals surface area contributed by atoms with Crippen LogP contribution < -0.4 is 10.6 Å². The van der Waals surface area contributed by atoms with Crippen molar-refractivity contribution in [1.82, 2.24) is 0 Å². The second kappa shape index (κ2) is 6.06. The van der Waals surface area contributed by atoms with Crippen LogP contribution in [0.2, 0.25) is 0 Å². The molecule has 1 aromatic rings. The van der Waals surface area contributed by atoms with Gasteiger partial charge in [0, 0.05) is 24.3 Å². The van der Waals surface area contributed by atoms with E-state index in [1.165, 1.54) is 6.42 Å². The summed E-state index contributed by atoms with van der Waals surface area (Å²) in [5.74, 6) is -0.588. The Morgan fingerprint density at radius 1 is 1.21 bits per heavy atom. The lowest BCUT2D eigenvalue weighted by molar-refractivity contribution is 0.1000. The summed E-state index contributed by atoms with van der Waals surface area (Å²) >= 11 is 0.